The monoisotopic (exact) mass is 380 g/mol. The van der Waals surface area contributed by atoms with Gasteiger partial charge in [0.15, 0.2) is 0 Å². The van der Waals surface area contributed by atoms with Crippen molar-refractivity contribution in [1.29, 1.82) is 0 Å². The van der Waals surface area contributed by atoms with Crippen LogP contribution in [0, 0.1) is 5.41 Å². The minimum Gasteiger partial charge on any atom is -0.355 e. The van der Waals surface area contributed by atoms with Crippen molar-refractivity contribution in [3.05, 3.63) is 39.9 Å². The summed E-state index contributed by atoms with van der Waals surface area (Å²) in [5, 5.41) is 6.58. The molecule has 25 heavy (non-hydrogen) atoms. The molecule has 2 N–H and O–H groups in total. The van der Waals surface area contributed by atoms with Gasteiger partial charge in [0, 0.05) is 22.3 Å². The first kappa shape index (κ1) is 18.3. The summed E-state index contributed by atoms with van der Waals surface area (Å²) in [6.45, 7) is 0.586. The summed E-state index contributed by atoms with van der Waals surface area (Å²) in [6.07, 6.45) is 9.03. The van der Waals surface area contributed by atoms with E-state index in [-0.39, 0.29) is 11.8 Å². The molecule has 4 nitrogen and oxygen atoms in total. The van der Waals surface area contributed by atoms with Crippen molar-refractivity contribution in [2.24, 2.45) is 5.41 Å². The zero-order valence-electron chi connectivity index (χ0n) is 14.0. The maximum atomic E-state index is 12.6. The SMILES string of the molecule is O=C(NCCC1=CCCCC1)C1(C(=O)Nc2cc(Cl)cc(Cl)c2)CC1. The van der Waals surface area contributed by atoms with Crippen molar-refractivity contribution in [3.63, 3.8) is 0 Å². The number of allylic oxidation sites excluding steroid dienone is 1. The summed E-state index contributed by atoms with van der Waals surface area (Å²) in [5.74, 6) is -0.477. The van der Waals surface area contributed by atoms with E-state index >= 15 is 0 Å². The maximum absolute atomic E-state index is 12.6. The zero-order chi connectivity index (χ0) is 17.9. The van der Waals surface area contributed by atoms with Crippen molar-refractivity contribution >= 4 is 40.7 Å². The number of carbonyl (C=O) groups is 2. The molecule has 3 rings (SSSR count). The highest BCUT2D eigenvalue weighted by Crippen LogP contribution is 2.47. The summed E-state index contributed by atoms with van der Waals surface area (Å²) < 4.78 is 0. The molecule has 2 amide bonds. The topological polar surface area (TPSA) is 58.2 Å². The lowest BCUT2D eigenvalue weighted by atomic mass is 9.97. The second kappa shape index (κ2) is 7.79. The molecule has 0 aliphatic heterocycles. The third kappa shape index (κ3) is 4.56. The molecule has 1 aromatic rings. The van der Waals surface area contributed by atoms with Crippen LogP contribution in [0.1, 0.15) is 44.9 Å². The smallest absolute Gasteiger partial charge is 0.240 e. The fourth-order valence-electron chi connectivity index (χ4n) is 3.20. The number of amides is 2. The van der Waals surface area contributed by atoms with E-state index in [9.17, 15) is 9.59 Å². The summed E-state index contributed by atoms with van der Waals surface area (Å²) in [4.78, 5) is 25.0. The molecule has 0 aromatic heterocycles. The van der Waals surface area contributed by atoms with Crippen LogP contribution in [0.2, 0.25) is 10.0 Å². The highest BCUT2D eigenvalue weighted by molar-refractivity contribution is 6.35. The van der Waals surface area contributed by atoms with Gasteiger partial charge in [-0.3, -0.25) is 9.59 Å². The molecule has 0 saturated heterocycles. The van der Waals surface area contributed by atoms with Gasteiger partial charge in [0.2, 0.25) is 11.8 Å². The molecule has 1 saturated carbocycles. The molecular formula is C19H22Cl2N2O2. The Bertz CT molecular complexity index is 691. The van der Waals surface area contributed by atoms with Crippen molar-refractivity contribution in [1.82, 2.24) is 5.32 Å². The van der Waals surface area contributed by atoms with E-state index in [2.05, 4.69) is 16.7 Å². The first-order valence-corrected chi connectivity index (χ1v) is 9.49. The zero-order valence-corrected chi connectivity index (χ0v) is 15.6. The van der Waals surface area contributed by atoms with E-state index in [1.54, 1.807) is 18.2 Å². The maximum Gasteiger partial charge on any atom is 0.240 e. The fraction of sp³-hybridized carbons (Fsp3) is 0.474. The van der Waals surface area contributed by atoms with Crippen molar-refractivity contribution in [3.8, 4) is 0 Å². The highest BCUT2D eigenvalue weighted by atomic mass is 35.5. The van der Waals surface area contributed by atoms with Crippen LogP contribution in [-0.4, -0.2) is 18.4 Å². The van der Waals surface area contributed by atoms with Crippen molar-refractivity contribution in [2.75, 3.05) is 11.9 Å². The van der Waals surface area contributed by atoms with Gasteiger partial charge in [-0.25, -0.2) is 0 Å². The van der Waals surface area contributed by atoms with Crippen molar-refractivity contribution in [2.45, 2.75) is 44.9 Å². The molecule has 2 aliphatic carbocycles. The van der Waals surface area contributed by atoms with Crippen LogP contribution in [0.15, 0.2) is 29.8 Å². The van der Waals surface area contributed by atoms with Crippen LogP contribution in [0.5, 0.6) is 0 Å². The van der Waals surface area contributed by atoms with Crippen LogP contribution < -0.4 is 10.6 Å². The number of halogens is 2. The van der Waals surface area contributed by atoms with Gasteiger partial charge in [0.25, 0.3) is 0 Å². The third-order valence-corrected chi connectivity index (χ3v) is 5.29. The lowest BCUT2D eigenvalue weighted by Crippen LogP contribution is -2.40. The molecule has 0 radical (unpaired) electrons. The normalized spacial score (nSPS) is 18.2. The number of hydrogen-bond donors (Lipinski definition) is 2. The molecule has 0 atom stereocenters. The van der Waals surface area contributed by atoms with Gasteiger partial charge in [-0.15, -0.1) is 0 Å². The quantitative estimate of drug-likeness (QED) is 0.553. The highest BCUT2D eigenvalue weighted by Gasteiger charge is 2.56. The standard InChI is InChI=1S/C19H22Cl2N2O2/c20-14-10-15(21)12-16(11-14)23-18(25)19(7-8-19)17(24)22-9-6-13-4-2-1-3-5-13/h4,10-12H,1-3,5-9H2,(H,22,24)(H,23,25). The largest absolute Gasteiger partial charge is 0.355 e. The van der Waals surface area contributed by atoms with Gasteiger partial charge in [0.1, 0.15) is 5.41 Å². The Morgan fingerprint density at radius 2 is 1.76 bits per heavy atom. The number of anilines is 1. The number of nitrogens with one attached hydrogen (secondary N) is 2. The second-order valence-electron chi connectivity index (χ2n) is 6.81. The molecule has 0 heterocycles. The molecule has 0 unspecified atom stereocenters. The van der Waals surface area contributed by atoms with Crippen LogP contribution in [0.3, 0.4) is 0 Å². The molecular weight excluding hydrogens is 359 g/mol. The number of carbonyl (C=O) groups excluding carboxylic acids is 2. The molecule has 2 aliphatic rings. The number of rotatable bonds is 6. The van der Waals surface area contributed by atoms with E-state index in [1.165, 1.54) is 18.4 Å². The van der Waals surface area contributed by atoms with E-state index in [4.69, 9.17) is 23.2 Å². The average molecular weight is 381 g/mol. The molecule has 1 fully saturated rings. The number of hydrogen-bond acceptors (Lipinski definition) is 2. The van der Waals surface area contributed by atoms with E-state index in [1.807, 2.05) is 0 Å². The Kier molecular flexibility index (Phi) is 5.70. The third-order valence-electron chi connectivity index (χ3n) is 4.86. The second-order valence-corrected chi connectivity index (χ2v) is 7.68. The summed E-state index contributed by atoms with van der Waals surface area (Å²) >= 11 is 11.9. The minimum atomic E-state index is -0.949. The Balaban J connectivity index is 1.54. The van der Waals surface area contributed by atoms with Crippen LogP contribution in [0.4, 0.5) is 5.69 Å². The van der Waals surface area contributed by atoms with Gasteiger partial charge >= 0.3 is 0 Å². The predicted octanol–water partition coefficient (Wildman–Crippen LogP) is 4.72. The van der Waals surface area contributed by atoms with E-state index in [0.29, 0.717) is 35.1 Å². The fourth-order valence-corrected chi connectivity index (χ4v) is 3.72. The van der Waals surface area contributed by atoms with Crippen LogP contribution in [-0.2, 0) is 9.59 Å². The number of benzene rings is 1. The van der Waals surface area contributed by atoms with Gasteiger partial charge in [-0.2, -0.15) is 0 Å². The predicted molar refractivity (Wildman–Crippen MR) is 101 cm³/mol. The minimum absolute atomic E-state index is 0.186. The first-order chi connectivity index (χ1) is 12.0. The van der Waals surface area contributed by atoms with E-state index < -0.39 is 5.41 Å². The van der Waals surface area contributed by atoms with Gasteiger partial charge in [-0.05, 0) is 63.1 Å². The summed E-state index contributed by atoms with van der Waals surface area (Å²) in [6, 6.07) is 4.84. The van der Waals surface area contributed by atoms with Crippen LogP contribution in [0.25, 0.3) is 0 Å². The average Bonchev–Trinajstić information content (AvgIpc) is 3.36. The van der Waals surface area contributed by atoms with Gasteiger partial charge in [-0.1, -0.05) is 34.9 Å². The van der Waals surface area contributed by atoms with Gasteiger partial charge < -0.3 is 10.6 Å². The Hall–Kier alpha value is -1.52. The van der Waals surface area contributed by atoms with E-state index in [0.717, 1.165) is 19.3 Å². The lowest BCUT2D eigenvalue weighted by molar-refractivity contribution is -0.134. The molecule has 0 bridgehead atoms. The van der Waals surface area contributed by atoms with Gasteiger partial charge in [0.05, 0.1) is 0 Å². The summed E-state index contributed by atoms with van der Waals surface area (Å²) in [7, 11) is 0. The summed E-state index contributed by atoms with van der Waals surface area (Å²) in [5.41, 5.74) is 0.971. The Morgan fingerprint density at radius 3 is 2.36 bits per heavy atom. The molecule has 6 heteroatoms. The molecule has 0 spiro atoms. The molecule has 134 valence electrons. The van der Waals surface area contributed by atoms with Crippen LogP contribution >= 0.6 is 23.2 Å². The first-order valence-electron chi connectivity index (χ1n) is 8.73. The van der Waals surface area contributed by atoms with Crippen molar-refractivity contribution < 1.29 is 9.59 Å². The Morgan fingerprint density at radius 1 is 1.04 bits per heavy atom. The Labute approximate surface area is 158 Å². The lowest BCUT2D eigenvalue weighted by Gasteiger charge is -2.17. The molecule has 1 aromatic carbocycles.